The largest absolute Gasteiger partial charge is 0.396 e. The first kappa shape index (κ1) is 15.3. The molecule has 1 unspecified atom stereocenters. The van der Waals surface area contributed by atoms with Crippen LogP contribution in [0.3, 0.4) is 0 Å². The average Bonchev–Trinajstić information content (AvgIpc) is 3.14. The molecule has 2 aliphatic heterocycles. The number of ether oxygens (including phenoxy) is 1. The second kappa shape index (κ2) is 5.86. The number of rotatable bonds is 4. The molecule has 1 spiro atoms. The Kier molecular flexibility index (Phi) is 4.26. The number of carbonyl (C=O) groups is 1. The lowest BCUT2D eigenvalue weighted by Gasteiger charge is -2.38. The van der Waals surface area contributed by atoms with Crippen LogP contribution < -0.4 is 0 Å². The predicted molar refractivity (Wildman–Crippen MR) is 79.9 cm³/mol. The summed E-state index contributed by atoms with van der Waals surface area (Å²) < 4.78 is 5.48. The van der Waals surface area contributed by atoms with Crippen LogP contribution >= 0.6 is 0 Å². The fraction of sp³-hybridized carbons (Fsp3) is 0.938. The number of piperazine rings is 1. The monoisotopic (exact) mass is 296 g/mol. The Morgan fingerprint density at radius 3 is 2.43 bits per heavy atom. The van der Waals surface area contributed by atoms with Crippen molar-refractivity contribution in [3.05, 3.63) is 0 Å². The Morgan fingerprint density at radius 1 is 1.19 bits per heavy atom. The topological polar surface area (TPSA) is 53.0 Å². The minimum Gasteiger partial charge on any atom is -0.396 e. The number of likely N-dealkylation sites (N-methyl/N-ethyl adjacent to an activating group) is 1. The van der Waals surface area contributed by atoms with E-state index in [4.69, 9.17) is 4.74 Å². The van der Waals surface area contributed by atoms with Crippen LogP contribution in [0.5, 0.6) is 0 Å². The van der Waals surface area contributed by atoms with Crippen LogP contribution in [-0.4, -0.2) is 73.4 Å². The lowest BCUT2D eigenvalue weighted by molar-refractivity contribution is -0.142. The molecule has 1 saturated carbocycles. The lowest BCUT2D eigenvalue weighted by Crippen LogP contribution is -2.51. The summed E-state index contributed by atoms with van der Waals surface area (Å²) in [6.45, 7) is 8.52. The molecule has 3 aliphatic rings. The maximum Gasteiger partial charge on any atom is 0.229 e. The second-order valence-corrected chi connectivity index (χ2v) is 6.85. The number of aliphatic hydroxyl groups excluding tert-OH is 1. The summed E-state index contributed by atoms with van der Waals surface area (Å²) in [6, 6.07) is 0. The molecule has 120 valence electrons. The van der Waals surface area contributed by atoms with Crippen LogP contribution in [0.1, 0.15) is 32.6 Å². The van der Waals surface area contributed by atoms with Crippen LogP contribution in [0.15, 0.2) is 0 Å². The van der Waals surface area contributed by atoms with Crippen molar-refractivity contribution in [3.8, 4) is 0 Å². The third-order valence-corrected chi connectivity index (χ3v) is 6.03. The summed E-state index contributed by atoms with van der Waals surface area (Å²) in [4.78, 5) is 17.5. The lowest BCUT2D eigenvalue weighted by atomic mass is 9.83. The normalized spacial score (nSPS) is 32.4. The van der Waals surface area contributed by atoms with Gasteiger partial charge in [0.05, 0.1) is 5.41 Å². The summed E-state index contributed by atoms with van der Waals surface area (Å²) in [5.74, 6) is 0.300. The average molecular weight is 296 g/mol. The van der Waals surface area contributed by atoms with Gasteiger partial charge in [0.15, 0.2) is 0 Å². The van der Waals surface area contributed by atoms with E-state index in [1.54, 1.807) is 0 Å². The zero-order chi connectivity index (χ0) is 14.9. The molecule has 2 heterocycles. The fourth-order valence-corrected chi connectivity index (χ4v) is 4.47. The van der Waals surface area contributed by atoms with Crippen molar-refractivity contribution in [3.63, 3.8) is 0 Å². The number of aliphatic hydroxyl groups is 1. The Hall–Kier alpha value is -0.650. The molecule has 1 aliphatic carbocycles. The first-order valence-electron chi connectivity index (χ1n) is 8.38. The standard InChI is InChI=1S/C16H28N2O3/c1-2-17-6-8-18(9-7-17)14(20)16(3-10-19)13-15(16)4-11-21-12-5-15/h19H,2-13H2,1H3. The van der Waals surface area contributed by atoms with Crippen molar-refractivity contribution >= 4 is 5.91 Å². The van der Waals surface area contributed by atoms with Gasteiger partial charge in [0.25, 0.3) is 0 Å². The highest BCUT2D eigenvalue weighted by Crippen LogP contribution is 2.71. The van der Waals surface area contributed by atoms with E-state index in [1.807, 2.05) is 4.90 Å². The van der Waals surface area contributed by atoms with Gasteiger partial charge < -0.3 is 19.6 Å². The molecule has 0 aromatic carbocycles. The molecule has 1 atom stereocenters. The Bertz CT molecular complexity index is 387. The van der Waals surface area contributed by atoms with E-state index >= 15 is 0 Å². The summed E-state index contributed by atoms with van der Waals surface area (Å²) in [6.07, 6.45) is 3.54. The molecule has 0 bridgehead atoms. The zero-order valence-corrected chi connectivity index (χ0v) is 13.1. The molecular weight excluding hydrogens is 268 g/mol. The van der Waals surface area contributed by atoms with Gasteiger partial charge in [-0.15, -0.1) is 0 Å². The fourth-order valence-electron chi connectivity index (χ4n) is 4.47. The van der Waals surface area contributed by atoms with Gasteiger partial charge in [0.2, 0.25) is 5.91 Å². The first-order chi connectivity index (χ1) is 10.2. The summed E-state index contributed by atoms with van der Waals surface area (Å²) in [7, 11) is 0. The van der Waals surface area contributed by atoms with Crippen molar-refractivity contribution in [1.82, 2.24) is 9.80 Å². The van der Waals surface area contributed by atoms with Gasteiger partial charge in [-0.2, -0.15) is 0 Å². The van der Waals surface area contributed by atoms with Crippen LogP contribution in [-0.2, 0) is 9.53 Å². The Morgan fingerprint density at radius 2 is 1.86 bits per heavy atom. The van der Waals surface area contributed by atoms with Gasteiger partial charge in [-0.1, -0.05) is 6.92 Å². The quantitative estimate of drug-likeness (QED) is 0.830. The van der Waals surface area contributed by atoms with Crippen LogP contribution in [0.4, 0.5) is 0 Å². The van der Waals surface area contributed by atoms with Gasteiger partial charge in [-0.25, -0.2) is 0 Å². The Labute approximate surface area is 127 Å². The minimum absolute atomic E-state index is 0.114. The Balaban J connectivity index is 1.69. The van der Waals surface area contributed by atoms with Crippen molar-refractivity contribution in [2.75, 3.05) is 52.5 Å². The van der Waals surface area contributed by atoms with Crippen molar-refractivity contribution < 1.29 is 14.6 Å². The summed E-state index contributed by atoms with van der Waals surface area (Å²) in [5.41, 5.74) is -0.174. The molecule has 5 nitrogen and oxygen atoms in total. The minimum atomic E-state index is -0.292. The first-order valence-corrected chi connectivity index (χ1v) is 8.38. The van der Waals surface area contributed by atoms with E-state index in [2.05, 4.69) is 11.8 Å². The molecule has 21 heavy (non-hydrogen) atoms. The van der Waals surface area contributed by atoms with Crippen LogP contribution in [0.2, 0.25) is 0 Å². The third kappa shape index (κ3) is 2.49. The van der Waals surface area contributed by atoms with E-state index < -0.39 is 0 Å². The van der Waals surface area contributed by atoms with E-state index in [-0.39, 0.29) is 17.4 Å². The molecule has 2 saturated heterocycles. The zero-order valence-electron chi connectivity index (χ0n) is 13.1. The van der Waals surface area contributed by atoms with E-state index in [0.29, 0.717) is 12.3 Å². The molecule has 5 heteroatoms. The van der Waals surface area contributed by atoms with Gasteiger partial charge >= 0.3 is 0 Å². The molecule has 1 N–H and O–H groups in total. The van der Waals surface area contributed by atoms with Crippen molar-refractivity contribution in [1.29, 1.82) is 0 Å². The molecule has 3 fully saturated rings. The molecule has 0 aromatic rings. The highest BCUT2D eigenvalue weighted by atomic mass is 16.5. The number of carbonyl (C=O) groups excluding carboxylic acids is 1. The third-order valence-electron chi connectivity index (χ3n) is 6.03. The van der Waals surface area contributed by atoms with Gasteiger partial charge in [-0.05, 0) is 37.6 Å². The smallest absolute Gasteiger partial charge is 0.229 e. The van der Waals surface area contributed by atoms with Gasteiger partial charge in [0.1, 0.15) is 0 Å². The number of amides is 1. The summed E-state index contributed by atoms with van der Waals surface area (Å²) >= 11 is 0. The maximum absolute atomic E-state index is 13.1. The molecular formula is C16H28N2O3. The van der Waals surface area contributed by atoms with E-state index in [9.17, 15) is 9.90 Å². The molecule has 0 radical (unpaired) electrons. The molecule has 3 rings (SSSR count). The second-order valence-electron chi connectivity index (χ2n) is 6.85. The van der Waals surface area contributed by atoms with Crippen molar-refractivity contribution in [2.24, 2.45) is 10.8 Å². The summed E-state index contributed by atoms with van der Waals surface area (Å²) in [5, 5.41) is 9.47. The maximum atomic E-state index is 13.1. The number of hydrogen-bond donors (Lipinski definition) is 1. The molecule has 0 aromatic heterocycles. The number of nitrogens with zero attached hydrogens (tertiary/aromatic N) is 2. The SMILES string of the molecule is CCN1CCN(C(=O)C2(CCO)CC23CCOCC3)CC1. The van der Waals surface area contributed by atoms with Crippen LogP contribution in [0, 0.1) is 10.8 Å². The highest BCUT2D eigenvalue weighted by Gasteiger charge is 2.71. The van der Waals surface area contributed by atoms with Gasteiger partial charge in [0, 0.05) is 46.0 Å². The number of hydrogen-bond acceptors (Lipinski definition) is 4. The van der Waals surface area contributed by atoms with E-state index in [0.717, 1.165) is 65.2 Å². The van der Waals surface area contributed by atoms with Gasteiger partial charge in [-0.3, -0.25) is 4.79 Å². The highest BCUT2D eigenvalue weighted by molar-refractivity contribution is 5.87. The predicted octanol–water partition coefficient (Wildman–Crippen LogP) is 0.720. The molecule has 1 amide bonds. The van der Waals surface area contributed by atoms with Crippen molar-refractivity contribution in [2.45, 2.75) is 32.6 Å². The van der Waals surface area contributed by atoms with E-state index in [1.165, 1.54) is 0 Å². The van der Waals surface area contributed by atoms with Crippen LogP contribution in [0.25, 0.3) is 0 Å².